The summed E-state index contributed by atoms with van der Waals surface area (Å²) in [6, 6.07) is 2.28. The summed E-state index contributed by atoms with van der Waals surface area (Å²) in [6.07, 6.45) is 3.53. The van der Waals surface area contributed by atoms with Gasteiger partial charge in [0.15, 0.2) is 15.6 Å². The first-order chi connectivity index (χ1) is 10.3. The number of carboxylic acids is 1. The van der Waals surface area contributed by atoms with E-state index in [2.05, 4.69) is 0 Å². The van der Waals surface area contributed by atoms with Gasteiger partial charge in [0.25, 0.3) is 0 Å². The molecule has 0 bridgehead atoms. The number of ether oxygens (including phenoxy) is 3. The van der Waals surface area contributed by atoms with Crippen molar-refractivity contribution in [1.29, 1.82) is 0 Å². The molecule has 7 nitrogen and oxygen atoms in total. The molecule has 1 heterocycles. The second kappa shape index (κ2) is 6.45. The molecule has 0 spiro atoms. The Morgan fingerprint density at radius 1 is 1.36 bits per heavy atom. The van der Waals surface area contributed by atoms with Crippen molar-refractivity contribution in [2.24, 2.45) is 0 Å². The van der Waals surface area contributed by atoms with Crippen molar-refractivity contribution >= 4 is 27.4 Å². The molecule has 1 aromatic rings. The third-order valence-corrected chi connectivity index (χ3v) is 4.30. The molecule has 0 aromatic heterocycles. The fraction of sp³-hybridized carbons (Fsp3) is 0.308. The first kappa shape index (κ1) is 16.4. The fourth-order valence-corrected chi connectivity index (χ4v) is 2.96. The first-order valence-electron chi connectivity index (χ1n) is 6.15. The summed E-state index contributed by atoms with van der Waals surface area (Å²) in [6.45, 7) is 0.0393. The van der Waals surface area contributed by atoms with Crippen molar-refractivity contribution < 1.29 is 32.5 Å². The van der Waals surface area contributed by atoms with Crippen LogP contribution < -0.4 is 4.74 Å². The zero-order valence-electron chi connectivity index (χ0n) is 11.5. The topological polar surface area (TPSA) is 99.1 Å². The van der Waals surface area contributed by atoms with E-state index in [-0.39, 0.29) is 27.8 Å². The summed E-state index contributed by atoms with van der Waals surface area (Å²) in [7, 11) is -3.63. The summed E-state index contributed by atoms with van der Waals surface area (Å²) in [5, 5.41) is 8.78. The molecule has 1 aliphatic rings. The Morgan fingerprint density at radius 2 is 2.00 bits per heavy atom. The Labute approximate surface area is 132 Å². The molecule has 9 heteroatoms. The van der Waals surface area contributed by atoms with E-state index in [0.717, 1.165) is 18.4 Å². The molecule has 0 saturated carbocycles. The summed E-state index contributed by atoms with van der Waals surface area (Å²) < 4.78 is 39.0. The highest BCUT2D eigenvalue weighted by Gasteiger charge is 2.23. The molecule has 1 aliphatic heterocycles. The normalized spacial score (nSPS) is 14.5. The number of rotatable bonds is 6. The molecule has 22 heavy (non-hydrogen) atoms. The van der Waals surface area contributed by atoms with Gasteiger partial charge in [0.05, 0.1) is 23.6 Å². The molecule has 120 valence electrons. The van der Waals surface area contributed by atoms with Crippen LogP contribution in [0, 0.1) is 0 Å². The van der Waals surface area contributed by atoms with Gasteiger partial charge < -0.3 is 19.3 Å². The van der Waals surface area contributed by atoms with Crippen molar-refractivity contribution in [2.75, 3.05) is 12.9 Å². The average molecular weight is 349 g/mol. The molecular weight excluding hydrogens is 336 g/mol. The second-order valence-electron chi connectivity index (χ2n) is 4.44. The number of sulfone groups is 1. The van der Waals surface area contributed by atoms with Gasteiger partial charge >= 0.3 is 5.97 Å². The van der Waals surface area contributed by atoms with Crippen LogP contribution in [0.4, 0.5) is 0 Å². The Kier molecular flexibility index (Phi) is 4.82. The lowest BCUT2D eigenvalue weighted by atomic mass is 10.2. The van der Waals surface area contributed by atoms with Crippen molar-refractivity contribution in [3.8, 4) is 5.75 Å². The largest absolute Gasteiger partial charge is 0.490 e. The summed E-state index contributed by atoms with van der Waals surface area (Å²) in [4.78, 5) is 10.9. The molecule has 0 saturated heterocycles. The Morgan fingerprint density at radius 3 is 2.55 bits per heavy atom. The number of halogens is 1. The molecule has 0 radical (unpaired) electrons. The number of carboxylic acid groups (broad SMARTS) is 1. The van der Waals surface area contributed by atoms with E-state index in [1.54, 1.807) is 0 Å². The van der Waals surface area contributed by atoms with Gasteiger partial charge in [0, 0.05) is 6.26 Å². The second-order valence-corrected chi connectivity index (χ2v) is 6.80. The minimum Gasteiger partial charge on any atom is -0.490 e. The van der Waals surface area contributed by atoms with Gasteiger partial charge in [-0.2, -0.15) is 0 Å². The highest BCUT2D eigenvalue weighted by atomic mass is 35.5. The van der Waals surface area contributed by atoms with Crippen LogP contribution in [0.2, 0.25) is 5.02 Å². The van der Waals surface area contributed by atoms with E-state index in [4.69, 9.17) is 30.9 Å². The van der Waals surface area contributed by atoms with Crippen LogP contribution in [0.5, 0.6) is 5.75 Å². The Bertz CT molecular complexity index is 703. The van der Waals surface area contributed by atoms with Crippen molar-refractivity contribution in [3.05, 3.63) is 35.2 Å². The van der Waals surface area contributed by atoms with Crippen molar-refractivity contribution in [1.82, 2.24) is 0 Å². The maximum Gasteiger partial charge on any atom is 0.337 e. The number of carbonyl (C=O) groups is 1. The van der Waals surface area contributed by atoms with E-state index >= 15 is 0 Å². The van der Waals surface area contributed by atoms with E-state index in [0.29, 0.717) is 6.42 Å². The molecule has 1 N–H and O–H groups in total. The van der Waals surface area contributed by atoms with E-state index in [1.165, 1.54) is 12.5 Å². The smallest absolute Gasteiger partial charge is 0.337 e. The first-order valence-corrected chi connectivity index (χ1v) is 8.42. The van der Waals surface area contributed by atoms with Gasteiger partial charge in [0.2, 0.25) is 6.29 Å². The minimum absolute atomic E-state index is 0.0393. The van der Waals surface area contributed by atoms with Crippen LogP contribution in [0.15, 0.2) is 29.6 Å². The third kappa shape index (κ3) is 3.63. The molecule has 0 aliphatic carbocycles. The lowest BCUT2D eigenvalue weighted by molar-refractivity contribution is -0.0355. The standard InChI is InChI=1S/C13H13ClO7S/c1-22(17,18)9-3-2-8(13(15)16)11(14)12(9)21-5-4-10-19-6-7-20-10/h2-3,6-7,10H,4-5H2,1H3,(H,15,16). The third-order valence-electron chi connectivity index (χ3n) is 2.81. The maximum atomic E-state index is 11.8. The zero-order chi connectivity index (χ0) is 16.3. The zero-order valence-corrected chi connectivity index (χ0v) is 13.1. The van der Waals surface area contributed by atoms with Crippen LogP contribution in [0.1, 0.15) is 16.8 Å². The van der Waals surface area contributed by atoms with Gasteiger partial charge in [-0.05, 0) is 12.1 Å². The van der Waals surface area contributed by atoms with Gasteiger partial charge in [-0.15, -0.1) is 0 Å². The van der Waals surface area contributed by atoms with Crippen LogP contribution >= 0.6 is 11.6 Å². The van der Waals surface area contributed by atoms with Crippen LogP contribution in [-0.2, 0) is 19.3 Å². The predicted octanol–water partition coefficient (Wildman–Crippen LogP) is 2.05. The Balaban J connectivity index is 2.25. The molecule has 0 atom stereocenters. The minimum atomic E-state index is -3.63. The van der Waals surface area contributed by atoms with E-state index < -0.39 is 22.1 Å². The van der Waals surface area contributed by atoms with Gasteiger partial charge in [-0.1, -0.05) is 11.6 Å². The maximum absolute atomic E-state index is 11.8. The van der Waals surface area contributed by atoms with Gasteiger partial charge in [-0.3, -0.25) is 0 Å². The van der Waals surface area contributed by atoms with Crippen LogP contribution in [0.25, 0.3) is 0 Å². The molecule has 0 unspecified atom stereocenters. The molecule has 0 fully saturated rings. The highest BCUT2D eigenvalue weighted by molar-refractivity contribution is 7.90. The summed E-state index contributed by atoms with van der Waals surface area (Å²) >= 11 is 5.97. The predicted molar refractivity (Wildman–Crippen MR) is 76.7 cm³/mol. The molecule has 1 aromatic carbocycles. The monoisotopic (exact) mass is 348 g/mol. The van der Waals surface area contributed by atoms with E-state index in [9.17, 15) is 13.2 Å². The number of hydrogen-bond acceptors (Lipinski definition) is 6. The number of aromatic carboxylic acids is 1. The molecular formula is C13H13ClO7S. The average Bonchev–Trinajstić information content (AvgIpc) is 2.91. The van der Waals surface area contributed by atoms with Crippen LogP contribution in [-0.4, -0.2) is 38.6 Å². The summed E-state index contributed by atoms with van der Waals surface area (Å²) in [5.74, 6) is -1.46. The fourth-order valence-electron chi connectivity index (χ4n) is 1.79. The van der Waals surface area contributed by atoms with Gasteiger partial charge in [-0.25, -0.2) is 13.2 Å². The Hall–Kier alpha value is -1.93. The van der Waals surface area contributed by atoms with Crippen molar-refractivity contribution in [2.45, 2.75) is 17.6 Å². The van der Waals surface area contributed by atoms with Crippen molar-refractivity contribution in [3.63, 3.8) is 0 Å². The lowest BCUT2D eigenvalue weighted by Gasteiger charge is -2.15. The lowest BCUT2D eigenvalue weighted by Crippen LogP contribution is -2.14. The molecule has 0 amide bonds. The highest BCUT2D eigenvalue weighted by Crippen LogP contribution is 2.35. The summed E-state index contributed by atoms with van der Waals surface area (Å²) in [5.41, 5.74) is -0.237. The number of benzene rings is 1. The molecule has 2 rings (SSSR count). The van der Waals surface area contributed by atoms with Gasteiger partial charge in [0.1, 0.15) is 17.4 Å². The SMILES string of the molecule is CS(=O)(=O)c1ccc(C(=O)O)c(Cl)c1OCCC1OC=CO1. The number of hydrogen-bond donors (Lipinski definition) is 1. The quantitative estimate of drug-likeness (QED) is 0.839. The van der Waals surface area contributed by atoms with Crippen LogP contribution in [0.3, 0.4) is 0 Å². The van der Waals surface area contributed by atoms with E-state index in [1.807, 2.05) is 0 Å².